The van der Waals surface area contributed by atoms with Gasteiger partial charge in [0.2, 0.25) is 0 Å². The highest BCUT2D eigenvalue weighted by Gasteiger charge is 2.63. The van der Waals surface area contributed by atoms with Gasteiger partial charge in [-0.2, -0.15) is 0 Å². The number of anilines is 1. The molecule has 0 aromatic heterocycles. The highest BCUT2D eigenvalue weighted by molar-refractivity contribution is 6.05. The van der Waals surface area contributed by atoms with Crippen LogP contribution in [0.15, 0.2) is 54.2 Å². The van der Waals surface area contributed by atoms with Gasteiger partial charge in [0.15, 0.2) is 5.78 Å². The fourth-order valence-electron chi connectivity index (χ4n) is 4.60. The Morgan fingerprint density at radius 1 is 1.09 bits per heavy atom. The summed E-state index contributed by atoms with van der Waals surface area (Å²) >= 11 is 0. The van der Waals surface area contributed by atoms with Gasteiger partial charge in [-0.3, -0.25) is 4.79 Å². The van der Waals surface area contributed by atoms with E-state index in [4.69, 9.17) is 0 Å². The number of ketones is 1. The minimum absolute atomic E-state index is 0.0658. The van der Waals surface area contributed by atoms with Gasteiger partial charge in [0.1, 0.15) is 0 Å². The van der Waals surface area contributed by atoms with E-state index < -0.39 is 0 Å². The number of rotatable bonds is 2. The number of fused-ring (bicyclic) bond motifs is 3. The Morgan fingerprint density at radius 2 is 1.83 bits per heavy atom. The van der Waals surface area contributed by atoms with Crippen molar-refractivity contribution in [2.75, 3.05) is 5.32 Å². The normalized spacial score (nSPS) is 30.3. The Hall–Kier alpha value is -2.09. The summed E-state index contributed by atoms with van der Waals surface area (Å²) in [6, 6.07) is 14.6. The van der Waals surface area contributed by atoms with Gasteiger partial charge in [-0.25, -0.2) is 0 Å². The maximum absolute atomic E-state index is 12.9. The van der Waals surface area contributed by atoms with Crippen LogP contribution in [0.2, 0.25) is 0 Å². The van der Waals surface area contributed by atoms with Gasteiger partial charge in [0.05, 0.1) is 0 Å². The summed E-state index contributed by atoms with van der Waals surface area (Å²) in [6.07, 6.45) is 4.12. The van der Waals surface area contributed by atoms with Crippen LogP contribution in [0, 0.1) is 16.7 Å². The van der Waals surface area contributed by atoms with E-state index in [2.05, 4.69) is 56.4 Å². The third-order valence-electron chi connectivity index (χ3n) is 6.54. The molecule has 2 nitrogen and oxygen atoms in total. The van der Waals surface area contributed by atoms with E-state index in [1.165, 1.54) is 10.8 Å². The Kier molecular flexibility index (Phi) is 2.96. The predicted octanol–water partition coefficient (Wildman–Crippen LogP) is 5.16. The fourth-order valence-corrected chi connectivity index (χ4v) is 4.60. The quantitative estimate of drug-likeness (QED) is 0.776. The highest BCUT2D eigenvalue weighted by Crippen LogP contribution is 2.65. The number of carbonyl (C=O) groups excluding carboxylic acids is 1. The van der Waals surface area contributed by atoms with Gasteiger partial charge in [0, 0.05) is 28.3 Å². The van der Waals surface area contributed by atoms with Crippen molar-refractivity contribution in [3.63, 3.8) is 0 Å². The van der Waals surface area contributed by atoms with Gasteiger partial charge in [-0.05, 0) is 35.6 Å². The summed E-state index contributed by atoms with van der Waals surface area (Å²) in [4.78, 5) is 12.9. The van der Waals surface area contributed by atoms with Gasteiger partial charge in [0.25, 0.3) is 0 Å². The van der Waals surface area contributed by atoms with Crippen molar-refractivity contribution < 1.29 is 4.79 Å². The van der Waals surface area contributed by atoms with Crippen LogP contribution in [0.4, 0.5) is 5.69 Å². The van der Waals surface area contributed by atoms with Crippen LogP contribution in [0.1, 0.15) is 33.6 Å². The topological polar surface area (TPSA) is 29.1 Å². The van der Waals surface area contributed by atoms with Gasteiger partial charge >= 0.3 is 0 Å². The Bertz CT molecular complexity index is 827. The first-order valence-corrected chi connectivity index (χ1v) is 8.44. The van der Waals surface area contributed by atoms with E-state index in [0.29, 0.717) is 11.7 Å². The molecule has 4 rings (SSSR count). The van der Waals surface area contributed by atoms with E-state index in [-0.39, 0.29) is 10.8 Å². The average Bonchev–Trinajstić information content (AvgIpc) is 2.86. The zero-order valence-corrected chi connectivity index (χ0v) is 14.0. The number of benzene rings is 2. The molecule has 0 spiro atoms. The van der Waals surface area contributed by atoms with Crippen molar-refractivity contribution >= 4 is 22.2 Å². The van der Waals surface area contributed by atoms with E-state index in [0.717, 1.165) is 24.1 Å². The molecule has 0 amide bonds. The summed E-state index contributed by atoms with van der Waals surface area (Å²) in [5.74, 6) is 0.717. The van der Waals surface area contributed by atoms with Crippen molar-refractivity contribution in [3.8, 4) is 0 Å². The zero-order valence-electron chi connectivity index (χ0n) is 14.0. The molecular weight excluding hydrogens is 282 g/mol. The molecule has 2 aliphatic carbocycles. The lowest BCUT2D eigenvalue weighted by atomic mass is 9.70. The lowest BCUT2D eigenvalue weighted by Gasteiger charge is -2.31. The smallest absolute Gasteiger partial charge is 0.167 e. The van der Waals surface area contributed by atoms with Crippen LogP contribution in [0.25, 0.3) is 10.8 Å². The Morgan fingerprint density at radius 3 is 2.57 bits per heavy atom. The van der Waals surface area contributed by atoms with Gasteiger partial charge in [-0.1, -0.05) is 57.2 Å². The number of nitrogens with one attached hydrogen (secondary N) is 1. The fraction of sp³-hybridized carbons (Fsp3) is 0.381. The maximum Gasteiger partial charge on any atom is 0.167 e. The van der Waals surface area contributed by atoms with Crippen molar-refractivity contribution in [1.29, 1.82) is 0 Å². The molecule has 2 saturated carbocycles. The average molecular weight is 305 g/mol. The second-order valence-corrected chi connectivity index (χ2v) is 7.74. The molecule has 2 bridgehead atoms. The zero-order chi connectivity index (χ0) is 16.2. The van der Waals surface area contributed by atoms with E-state index in [1.807, 2.05) is 18.3 Å². The van der Waals surface area contributed by atoms with Crippen molar-refractivity contribution in [2.45, 2.75) is 33.6 Å². The molecular formula is C21H23NO. The minimum Gasteiger partial charge on any atom is -0.361 e. The van der Waals surface area contributed by atoms with Crippen LogP contribution in [0.5, 0.6) is 0 Å². The molecule has 2 aliphatic rings. The summed E-state index contributed by atoms with van der Waals surface area (Å²) in [5, 5.41) is 5.82. The number of hydrogen-bond donors (Lipinski definition) is 1. The molecule has 0 heterocycles. The largest absolute Gasteiger partial charge is 0.361 e. The molecule has 0 saturated heterocycles. The summed E-state index contributed by atoms with van der Waals surface area (Å²) < 4.78 is 0. The van der Waals surface area contributed by atoms with Crippen molar-refractivity contribution in [3.05, 3.63) is 54.2 Å². The Balaban J connectivity index is 1.71. The van der Waals surface area contributed by atoms with Crippen molar-refractivity contribution in [1.82, 2.24) is 0 Å². The molecule has 0 aliphatic heterocycles. The minimum atomic E-state index is -0.191. The SMILES string of the molecule is CC12CCC(/C(=C/Nc3cccc4ccccc34)C1=O)C2(C)C. The molecule has 2 aromatic carbocycles. The number of hydrogen-bond acceptors (Lipinski definition) is 2. The second kappa shape index (κ2) is 4.70. The molecule has 2 fully saturated rings. The highest BCUT2D eigenvalue weighted by atomic mass is 16.1. The number of carbonyl (C=O) groups is 1. The summed E-state index contributed by atoms with van der Waals surface area (Å²) in [5.41, 5.74) is 1.92. The van der Waals surface area contributed by atoms with Crippen LogP contribution in [0.3, 0.4) is 0 Å². The van der Waals surface area contributed by atoms with Crippen molar-refractivity contribution in [2.24, 2.45) is 16.7 Å². The van der Waals surface area contributed by atoms with Crippen LogP contribution in [-0.4, -0.2) is 5.78 Å². The van der Waals surface area contributed by atoms with Crippen LogP contribution >= 0.6 is 0 Å². The first-order chi connectivity index (χ1) is 10.9. The third-order valence-corrected chi connectivity index (χ3v) is 6.54. The molecule has 2 unspecified atom stereocenters. The molecule has 2 heteroatoms. The second-order valence-electron chi connectivity index (χ2n) is 7.74. The van der Waals surface area contributed by atoms with Gasteiger partial charge in [-0.15, -0.1) is 0 Å². The first kappa shape index (κ1) is 14.5. The third kappa shape index (κ3) is 1.84. The summed E-state index contributed by atoms with van der Waals surface area (Å²) in [6.45, 7) is 6.65. The van der Waals surface area contributed by atoms with E-state index >= 15 is 0 Å². The lowest BCUT2D eigenvalue weighted by Crippen LogP contribution is -2.32. The molecule has 118 valence electrons. The number of allylic oxidation sites excluding steroid dienone is 1. The monoisotopic (exact) mass is 305 g/mol. The van der Waals surface area contributed by atoms with E-state index in [9.17, 15) is 4.79 Å². The predicted molar refractivity (Wildman–Crippen MR) is 95.3 cm³/mol. The lowest BCUT2D eigenvalue weighted by molar-refractivity contribution is -0.125. The maximum atomic E-state index is 12.9. The van der Waals surface area contributed by atoms with Crippen LogP contribution < -0.4 is 5.32 Å². The first-order valence-electron chi connectivity index (χ1n) is 8.44. The molecule has 2 atom stereocenters. The standard InChI is InChI=1S/C21H23NO/c1-20(2)17-11-12-21(20,3)19(23)16(17)13-22-18-10-6-8-14-7-4-5-9-15(14)18/h4-10,13,17,22H,11-12H2,1-3H3/b16-13-. The molecule has 0 radical (unpaired) electrons. The summed E-state index contributed by atoms with van der Waals surface area (Å²) in [7, 11) is 0. The van der Waals surface area contributed by atoms with Gasteiger partial charge < -0.3 is 5.32 Å². The Labute approximate surface area is 137 Å². The van der Waals surface area contributed by atoms with Crippen LogP contribution in [-0.2, 0) is 4.79 Å². The number of Topliss-reactive ketones (excluding diaryl/α,β-unsaturated/α-hetero) is 1. The molecule has 1 N–H and O–H groups in total. The van der Waals surface area contributed by atoms with E-state index in [1.54, 1.807) is 0 Å². The molecule has 23 heavy (non-hydrogen) atoms. The molecule has 2 aromatic rings.